The topological polar surface area (TPSA) is 75.8 Å². The number of benzene rings is 1. The van der Waals surface area contributed by atoms with Crippen LogP contribution in [0, 0.1) is 5.82 Å². The van der Waals surface area contributed by atoms with Gasteiger partial charge in [-0.25, -0.2) is 4.39 Å². The normalized spacial score (nSPS) is 15.5. The molecule has 0 saturated carbocycles. The molecule has 0 aliphatic carbocycles. The number of carbonyl (C=O) groups is 1. The van der Waals surface area contributed by atoms with Crippen molar-refractivity contribution >= 4 is 5.91 Å². The predicted molar refractivity (Wildman–Crippen MR) is 88.5 cm³/mol. The van der Waals surface area contributed by atoms with Crippen LogP contribution in [-0.2, 0) is 4.74 Å². The molecule has 1 fully saturated rings. The Morgan fingerprint density at radius 2 is 2.04 bits per heavy atom. The van der Waals surface area contributed by atoms with E-state index in [1.54, 1.807) is 23.1 Å². The summed E-state index contributed by atoms with van der Waals surface area (Å²) in [5, 5.41) is 12.6. The summed E-state index contributed by atoms with van der Waals surface area (Å²) >= 11 is 0. The average Bonchev–Trinajstić information content (AvgIpc) is 3.13. The molecule has 1 aromatic heterocycles. The van der Waals surface area contributed by atoms with Gasteiger partial charge in [0.2, 0.25) is 0 Å². The molecule has 6 nitrogen and oxygen atoms in total. The largest absolute Gasteiger partial charge is 0.396 e. The molecule has 25 heavy (non-hydrogen) atoms. The first-order chi connectivity index (χ1) is 12.2. The van der Waals surface area contributed by atoms with Crippen molar-refractivity contribution in [2.75, 3.05) is 26.3 Å². The fourth-order valence-corrected chi connectivity index (χ4v) is 2.83. The van der Waals surface area contributed by atoms with E-state index in [-0.39, 0.29) is 30.1 Å². The molecule has 7 heteroatoms. The number of amides is 1. The lowest BCUT2D eigenvalue weighted by atomic mass is 10.1. The number of ether oxygens (including phenoxy) is 1. The fourth-order valence-electron chi connectivity index (χ4n) is 2.83. The highest BCUT2D eigenvalue weighted by Gasteiger charge is 2.26. The summed E-state index contributed by atoms with van der Waals surface area (Å²) in [7, 11) is 0. The molecule has 1 aliphatic rings. The minimum Gasteiger partial charge on any atom is -0.396 e. The van der Waals surface area contributed by atoms with Crippen molar-refractivity contribution in [3.05, 3.63) is 41.8 Å². The van der Waals surface area contributed by atoms with Crippen LogP contribution in [0.25, 0.3) is 11.3 Å². The van der Waals surface area contributed by atoms with Crippen molar-refractivity contribution in [1.29, 1.82) is 0 Å². The van der Waals surface area contributed by atoms with Gasteiger partial charge in [-0.3, -0.25) is 4.79 Å². The molecule has 0 bridgehead atoms. The van der Waals surface area contributed by atoms with Gasteiger partial charge in [-0.2, -0.15) is 0 Å². The molecule has 1 N–H and O–H groups in total. The van der Waals surface area contributed by atoms with Gasteiger partial charge in [-0.05, 0) is 43.5 Å². The monoisotopic (exact) mass is 348 g/mol. The van der Waals surface area contributed by atoms with Crippen molar-refractivity contribution in [3.63, 3.8) is 0 Å². The number of rotatable bonds is 6. The van der Waals surface area contributed by atoms with Gasteiger partial charge in [-0.1, -0.05) is 5.16 Å². The average molecular weight is 348 g/mol. The Morgan fingerprint density at radius 1 is 1.32 bits per heavy atom. The zero-order valence-electron chi connectivity index (χ0n) is 13.9. The second-order valence-corrected chi connectivity index (χ2v) is 6.02. The van der Waals surface area contributed by atoms with E-state index < -0.39 is 0 Å². The van der Waals surface area contributed by atoms with Crippen LogP contribution in [0.5, 0.6) is 0 Å². The SMILES string of the molecule is O=C(c1cc(-c2ccc(F)cc2)on1)N1CCC(OCCCO)CC1. The third-order valence-corrected chi connectivity index (χ3v) is 4.24. The molecular formula is C18H21FN2O4. The zero-order chi connectivity index (χ0) is 17.6. The van der Waals surface area contributed by atoms with Crippen molar-refractivity contribution < 1.29 is 23.6 Å². The van der Waals surface area contributed by atoms with Crippen LogP contribution in [0.4, 0.5) is 4.39 Å². The number of halogens is 1. The van der Waals surface area contributed by atoms with E-state index >= 15 is 0 Å². The Hall–Kier alpha value is -2.25. The van der Waals surface area contributed by atoms with Gasteiger partial charge < -0.3 is 19.3 Å². The first-order valence-electron chi connectivity index (χ1n) is 8.42. The van der Waals surface area contributed by atoms with Gasteiger partial charge >= 0.3 is 0 Å². The van der Waals surface area contributed by atoms with Gasteiger partial charge in [0.25, 0.3) is 5.91 Å². The molecule has 1 aromatic carbocycles. The lowest BCUT2D eigenvalue weighted by Gasteiger charge is -2.31. The van der Waals surface area contributed by atoms with Crippen molar-refractivity contribution in [1.82, 2.24) is 10.1 Å². The maximum Gasteiger partial charge on any atom is 0.276 e. The maximum atomic E-state index is 13.0. The summed E-state index contributed by atoms with van der Waals surface area (Å²) in [6, 6.07) is 7.42. The number of aromatic nitrogens is 1. The number of aliphatic hydroxyl groups excluding tert-OH is 1. The first-order valence-corrected chi connectivity index (χ1v) is 8.42. The van der Waals surface area contributed by atoms with Crippen LogP contribution in [0.2, 0.25) is 0 Å². The van der Waals surface area contributed by atoms with Gasteiger partial charge in [0.1, 0.15) is 5.82 Å². The highest BCUT2D eigenvalue weighted by atomic mass is 19.1. The lowest BCUT2D eigenvalue weighted by molar-refractivity contribution is 0.00376. The number of carbonyl (C=O) groups excluding carboxylic acids is 1. The van der Waals surface area contributed by atoms with E-state index in [9.17, 15) is 9.18 Å². The molecule has 0 radical (unpaired) electrons. The van der Waals surface area contributed by atoms with E-state index in [4.69, 9.17) is 14.4 Å². The predicted octanol–water partition coefficient (Wildman–Crippen LogP) is 2.48. The minimum atomic E-state index is -0.330. The standard InChI is InChI=1S/C18H21FN2O4/c19-14-4-2-13(3-5-14)17-12-16(20-25-17)18(23)21-8-6-15(7-9-21)24-11-1-10-22/h2-5,12,15,22H,1,6-11H2. The molecule has 1 aliphatic heterocycles. The quantitative estimate of drug-likeness (QED) is 0.812. The molecule has 1 amide bonds. The molecule has 0 atom stereocenters. The smallest absolute Gasteiger partial charge is 0.276 e. The number of hydrogen-bond acceptors (Lipinski definition) is 5. The van der Waals surface area contributed by atoms with Crippen LogP contribution in [-0.4, -0.2) is 53.5 Å². The van der Waals surface area contributed by atoms with Crippen LogP contribution < -0.4 is 0 Å². The molecular weight excluding hydrogens is 327 g/mol. The van der Waals surface area contributed by atoms with Crippen molar-refractivity contribution in [3.8, 4) is 11.3 Å². The molecule has 0 unspecified atom stereocenters. The summed E-state index contributed by atoms with van der Waals surface area (Å²) in [5.41, 5.74) is 0.919. The fraction of sp³-hybridized carbons (Fsp3) is 0.444. The first kappa shape index (κ1) is 17.6. The van der Waals surface area contributed by atoms with Gasteiger partial charge in [0, 0.05) is 37.9 Å². The van der Waals surface area contributed by atoms with Gasteiger partial charge in [-0.15, -0.1) is 0 Å². The summed E-state index contributed by atoms with van der Waals surface area (Å²) < 4.78 is 23.9. The number of piperidine rings is 1. The summed E-state index contributed by atoms with van der Waals surface area (Å²) in [6.07, 6.45) is 2.28. The third-order valence-electron chi connectivity index (χ3n) is 4.24. The molecule has 3 rings (SSSR count). The van der Waals surface area contributed by atoms with E-state index in [2.05, 4.69) is 5.16 Å². The third kappa shape index (κ3) is 4.43. The van der Waals surface area contributed by atoms with Crippen LogP contribution in [0.3, 0.4) is 0 Å². The Balaban J connectivity index is 1.56. The van der Waals surface area contributed by atoms with E-state index in [0.717, 1.165) is 12.8 Å². The van der Waals surface area contributed by atoms with Crippen molar-refractivity contribution in [2.45, 2.75) is 25.4 Å². The van der Waals surface area contributed by atoms with Crippen LogP contribution in [0.1, 0.15) is 29.8 Å². The summed E-state index contributed by atoms with van der Waals surface area (Å²) in [4.78, 5) is 14.3. The molecule has 2 aromatic rings. The molecule has 1 saturated heterocycles. The highest BCUT2D eigenvalue weighted by Crippen LogP contribution is 2.22. The number of nitrogens with zero attached hydrogens (tertiary/aromatic N) is 2. The second-order valence-electron chi connectivity index (χ2n) is 6.02. The maximum absolute atomic E-state index is 13.0. The van der Waals surface area contributed by atoms with Crippen molar-refractivity contribution in [2.24, 2.45) is 0 Å². The Morgan fingerprint density at radius 3 is 2.72 bits per heavy atom. The summed E-state index contributed by atoms with van der Waals surface area (Å²) in [5.74, 6) is -0.0693. The van der Waals surface area contributed by atoms with E-state index in [1.165, 1.54) is 12.1 Å². The highest BCUT2D eigenvalue weighted by molar-refractivity contribution is 5.93. The second kappa shape index (κ2) is 8.22. The lowest BCUT2D eigenvalue weighted by Crippen LogP contribution is -2.41. The van der Waals surface area contributed by atoms with Gasteiger partial charge in [0.15, 0.2) is 11.5 Å². The minimum absolute atomic E-state index is 0.125. The van der Waals surface area contributed by atoms with Crippen LogP contribution in [0.15, 0.2) is 34.9 Å². The Bertz CT molecular complexity index is 693. The van der Waals surface area contributed by atoms with Gasteiger partial charge in [0.05, 0.1) is 6.10 Å². The number of hydrogen-bond donors (Lipinski definition) is 1. The molecule has 0 spiro atoms. The zero-order valence-corrected chi connectivity index (χ0v) is 13.9. The Labute approximate surface area is 145 Å². The van der Waals surface area contributed by atoms with E-state index in [1.807, 2.05) is 0 Å². The molecule has 134 valence electrons. The number of aliphatic hydroxyl groups is 1. The number of likely N-dealkylation sites (tertiary alicyclic amines) is 1. The van der Waals surface area contributed by atoms with Crippen LogP contribution >= 0.6 is 0 Å². The molecule has 2 heterocycles. The summed E-state index contributed by atoms with van der Waals surface area (Å²) in [6.45, 7) is 1.86. The Kier molecular flexibility index (Phi) is 5.78. The van der Waals surface area contributed by atoms with E-state index in [0.29, 0.717) is 37.4 Å².